The van der Waals surface area contributed by atoms with Crippen LogP contribution in [0.1, 0.15) is 17.8 Å². The van der Waals surface area contributed by atoms with E-state index in [9.17, 15) is 9.90 Å². The van der Waals surface area contributed by atoms with E-state index in [4.69, 9.17) is 5.11 Å². The second-order valence-electron chi connectivity index (χ2n) is 2.90. The number of aromatic hydroxyl groups is 1. The number of aliphatic carboxylic acids is 1. The standard InChI is InChI=1S/C8H12N2O3/c1-5-8(13)6(10(2)9-5)3-4-7(11)12/h13H,3-4H2,1-2H3,(H,11,12). The Labute approximate surface area is 75.6 Å². The minimum atomic E-state index is -0.877. The number of hydrogen-bond donors (Lipinski definition) is 2. The highest BCUT2D eigenvalue weighted by Gasteiger charge is 2.12. The molecule has 0 spiro atoms. The molecule has 0 atom stereocenters. The molecule has 0 bridgehead atoms. The highest BCUT2D eigenvalue weighted by molar-refractivity contribution is 5.67. The summed E-state index contributed by atoms with van der Waals surface area (Å²) in [5.41, 5.74) is 1.10. The summed E-state index contributed by atoms with van der Waals surface area (Å²) in [6, 6.07) is 0. The van der Waals surface area contributed by atoms with Gasteiger partial charge in [0.25, 0.3) is 0 Å². The molecule has 0 saturated heterocycles. The van der Waals surface area contributed by atoms with Gasteiger partial charge < -0.3 is 10.2 Å². The fourth-order valence-electron chi connectivity index (χ4n) is 1.20. The Morgan fingerprint density at radius 1 is 1.62 bits per heavy atom. The lowest BCUT2D eigenvalue weighted by Gasteiger charge is -1.99. The zero-order valence-electron chi connectivity index (χ0n) is 7.61. The van der Waals surface area contributed by atoms with Crippen LogP contribution in [0, 0.1) is 6.92 Å². The van der Waals surface area contributed by atoms with Gasteiger partial charge >= 0.3 is 5.97 Å². The highest BCUT2D eigenvalue weighted by Crippen LogP contribution is 2.21. The van der Waals surface area contributed by atoms with Crippen molar-refractivity contribution in [2.24, 2.45) is 7.05 Å². The van der Waals surface area contributed by atoms with Gasteiger partial charge in [0, 0.05) is 13.5 Å². The minimum Gasteiger partial charge on any atom is -0.504 e. The van der Waals surface area contributed by atoms with Crippen molar-refractivity contribution in [2.75, 3.05) is 0 Å². The summed E-state index contributed by atoms with van der Waals surface area (Å²) >= 11 is 0. The van der Waals surface area contributed by atoms with Crippen LogP contribution >= 0.6 is 0 Å². The molecule has 0 aliphatic carbocycles. The molecule has 1 heterocycles. The minimum absolute atomic E-state index is 0.00648. The topological polar surface area (TPSA) is 75.4 Å². The molecule has 5 nitrogen and oxygen atoms in total. The van der Waals surface area contributed by atoms with E-state index in [-0.39, 0.29) is 12.2 Å². The van der Waals surface area contributed by atoms with Crippen molar-refractivity contribution in [3.05, 3.63) is 11.4 Å². The molecule has 0 aromatic carbocycles. The first-order valence-corrected chi connectivity index (χ1v) is 3.95. The normalized spacial score (nSPS) is 10.3. The van der Waals surface area contributed by atoms with Crippen LogP contribution in [0.2, 0.25) is 0 Å². The van der Waals surface area contributed by atoms with Crippen LogP contribution in [0.4, 0.5) is 0 Å². The smallest absolute Gasteiger partial charge is 0.303 e. The van der Waals surface area contributed by atoms with E-state index in [2.05, 4.69) is 5.10 Å². The summed E-state index contributed by atoms with van der Waals surface area (Å²) < 4.78 is 1.51. The number of carboxylic acid groups (broad SMARTS) is 1. The second-order valence-corrected chi connectivity index (χ2v) is 2.90. The monoisotopic (exact) mass is 184 g/mol. The van der Waals surface area contributed by atoms with E-state index >= 15 is 0 Å². The third-order valence-corrected chi connectivity index (χ3v) is 1.88. The van der Waals surface area contributed by atoms with Crippen molar-refractivity contribution in [3.8, 4) is 5.75 Å². The lowest BCUT2D eigenvalue weighted by Crippen LogP contribution is -2.03. The van der Waals surface area contributed by atoms with Crippen LogP contribution in [0.5, 0.6) is 5.75 Å². The van der Waals surface area contributed by atoms with E-state index in [0.29, 0.717) is 17.8 Å². The van der Waals surface area contributed by atoms with Gasteiger partial charge in [-0.1, -0.05) is 0 Å². The maximum atomic E-state index is 10.3. The van der Waals surface area contributed by atoms with Crippen LogP contribution in [-0.4, -0.2) is 26.0 Å². The zero-order chi connectivity index (χ0) is 10.0. The highest BCUT2D eigenvalue weighted by atomic mass is 16.4. The van der Waals surface area contributed by atoms with Crippen molar-refractivity contribution in [1.29, 1.82) is 0 Å². The van der Waals surface area contributed by atoms with Crippen LogP contribution < -0.4 is 0 Å². The Hall–Kier alpha value is -1.52. The molecule has 13 heavy (non-hydrogen) atoms. The second kappa shape index (κ2) is 3.47. The Kier molecular flexibility index (Phi) is 2.55. The van der Waals surface area contributed by atoms with Gasteiger partial charge in [0.15, 0.2) is 5.75 Å². The molecule has 0 fully saturated rings. The number of aryl methyl sites for hydroxylation is 2. The summed E-state index contributed by atoms with van der Waals surface area (Å²) in [7, 11) is 1.68. The molecule has 0 radical (unpaired) electrons. The maximum Gasteiger partial charge on any atom is 0.303 e. The first-order valence-electron chi connectivity index (χ1n) is 3.95. The summed E-state index contributed by atoms with van der Waals surface area (Å²) in [6.07, 6.45) is 0.311. The summed E-state index contributed by atoms with van der Waals surface area (Å²) in [5, 5.41) is 21.9. The van der Waals surface area contributed by atoms with E-state index in [1.807, 2.05) is 0 Å². The van der Waals surface area contributed by atoms with Crippen molar-refractivity contribution in [2.45, 2.75) is 19.8 Å². The lowest BCUT2D eigenvalue weighted by molar-refractivity contribution is -0.136. The average molecular weight is 184 g/mol. The Morgan fingerprint density at radius 3 is 2.62 bits per heavy atom. The number of carbonyl (C=O) groups is 1. The van der Waals surface area contributed by atoms with Crippen molar-refractivity contribution in [1.82, 2.24) is 9.78 Å². The van der Waals surface area contributed by atoms with Crippen LogP contribution in [0.25, 0.3) is 0 Å². The van der Waals surface area contributed by atoms with E-state index in [1.165, 1.54) is 4.68 Å². The Morgan fingerprint density at radius 2 is 2.23 bits per heavy atom. The van der Waals surface area contributed by atoms with Gasteiger partial charge in [0.05, 0.1) is 12.1 Å². The SMILES string of the molecule is Cc1nn(C)c(CCC(=O)O)c1O. The maximum absolute atomic E-state index is 10.3. The van der Waals surface area contributed by atoms with Crippen LogP contribution in [0.3, 0.4) is 0 Å². The fraction of sp³-hybridized carbons (Fsp3) is 0.500. The third kappa shape index (κ3) is 1.99. The van der Waals surface area contributed by atoms with Gasteiger partial charge in [0.1, 0.15) is 5.69 Å². The van der Waals surface area contributed by atoms with Crippen LogP contribution in [-0.2, 0) is 18.3 Å². The molecule has 0 unspecified atom stereocenters. The van der Waals surface area contributed by atoms with Gasteiger partial charge in [-0.2, -0.15) is 5.10 Å². The van der Waals surface area contributed by atoms with Gasteiger partial charge in [-0.3, -0.25) is 9.48 Å². The number of aromatic nitrogens is 2. The van der Waals surface area contributed by atoms with Crippen molar-refractivity contribution >= 4 is 5.97 Å². The van der Waals surface area contributed by atoms with Crippen LogP contribution in [0.15, 0.2) is 0 Å². The first-order chi connectivity index (χ1) is 6.02. The number of hydrogen-bond acceptors (Lipinski definition) is 3. The Balaban J connectivity index is 2.81. The van der Waals surface area contributed by atoms with Gasteiger partial charge in [-0.15, -0.1) is 0 Å². The first kappa shape index (κ1) is 9.57. The molecule has 0 aliphatic heterocycles. The largest absolute Gasteiger partial charge is 0.504 e. The third-order valence-electron chi connectivity index (χ3n) is 1.88. The van der Waals surface area contributed by atoms with Crippen molar-refractivity contribution in [3.63, 3.8) is 0 Å². The molecule has 1 aromatic rings. The molecular weight excluding hydrogens is 172 g/mol. The summed E-state index contributed by atoms with van der Waals surface area (Å²) in [4.78, 5) is 10.3. The Bertz CT molecular complexity index is 330. The lowest BCUT2D eigenvalue weighted by atomic mass is 10.2. The average Bonchev–Trinajstić information content (AvgIpc) is 2.24. The molecule has 5 heteroatoms. The molecule has 0 saturated carbocycles. The molecular formula is C8H12N2O3. The van der Waals surface area contributed by atoms with Crippen molar-refractivity contribution < 1.29 is 15.0 Å². The number of rotatable bonds is 3. The molecule has 72 valence electrons. The van der Waals surface area contributed by atoms with Gasteiger partial charge in [0.2, 0.25) is 0 Å². The fourth-order valence-corrected chi connectivity index (χ4v) is 1.20. The number of nitrogens with zero attached hydrogens (tertiary/aromatic N) is 2. The summed E-state index contributed by atoms with van der Waals surface area (Å²) in [5.74, 6) is -0.776. The van der Waals surface area contributed by atoms with E-state index in [0.717, 1.165) is 0 Å². The van der Waals surface area contributed by atoms with E-state index < -0.39 is 5.97 Å². The molecule has 1 rings (SSSR count). The quantitative estimate of drug-likeness (QED) is 0.715. The molecule has 0 aliphatic rings. The molecule has 2 N–H and O–H groups in total. The number of carboxylic acids is 1. The molecule has 1 aromatic heterocycles. The van der Waals surface area contributed by atoms with Gasteiger partial charge in [-0.05, 0) is 6.92 Å². The van der Waals surface area contributed by atoms with E-state index in [1.54, 1.807) is 14.0 Å². The zero-order valence-corrected chi connectivity index (χ0v) is 7.61. The predicted octanol–water partition coefficient (Wildman–Crippen LogP) is 0.451. The van der Waals surface area contributed by atoms with Gasteiger partial charge in [-0.25, -0.2) is 0 Å². The summed E-state index contributed by atoms with van der Waals surface area (Å²) in [6.45, 7) is 1.68. The molecule has 0 amide bonds. The predicted molar refractivity (Wildman–Crippen MR) is 45.6 cm³/mol.